The van der Waals surface area contributed by atoms with E-state index in [0.29, 0.717) is 36.2 Å². The minimum absolute atomic E-state index is 0.0972. The maximum Gasteiger partial charge on any atom is 0.264 e. The van der Waals surface area contributed by atoms with Crippen LogP contribution in [-0.2, 0) is 41.4 Å². The Morgan fingerprint density at radius 1 is 1.16 bits per heavy atom. The van der Waals surface area contributed by atoms with Gasteiger partial charge in [0.2, 0.25) is 10.0 Å². The zero-order valence-electron chi connectivity index (χ0n) is 25.7. The molecule has 0 saturated heterocycles. The third-order valence-electron chi connectivity index (χ3n) is 10.0. The number of rotatable bonds is 2. The second-order valence-electron chi connectivity index (χ2n) is 12.8. The third-order valence-corrected chi connectivity index (χ3v) is 12.9. The molecule has 0 unspecified atom stereocenters. The van der Waals surface area contributed by atoms with E-state index in [-0.39, 0.29) is 34.8 Å². The van der Waals surface area contributed by atoms with E-state index in [9.17, 15) is 21.6 Å². The number of nitrogens with zero attached hydrogens (tertiary/aromatic N) is 2. The molecule has 10 nitrogen and oxygen atoms in total. The van der Waals surface area contributed by atoms with Crippen LogP contribution in [-0.4, -0.2) is 78.8 Å². The lowest BCUT2D eigenvalue weighted by Crippen LogP contribution is -2.50. The first-order chi connectivity index (χ1) is 21.3. The Balaban J connectivity index is 1.45. The number of ether oxygens (including phenoxy) is 2. The van der Waals surface area contributed by atoms with E-state index in [1.807, 2.05) is 18.2 Å². The van der Waals surface area contributed by atoms with Crippen molar-refractivity contribution >= 4 is 43.2 Å². The van der Waals surface area contributed by atoms with E-state index < -0.39 is 32.0 Å². The zero-order valence-corrected chi connectivity index (χ0v) is 28.1. The molecular formula is C32H40ClN3O7S2. The minimum atomic E-state index is -4.34. The molecule has 0 radical (unpaired) electrons. The van der Waals surface area contributed by atoms with Gasteiger partial charge < -0.3 is 14.4 Å². The third kappa shape index (κ3) is 6.24. The summed E-state index contributed by atoms with van der Waals surface area (Å²) in [5.41, 5.74) is 2.75. The van der Waals surface area contributed by atoms with E-state index in [2.05, 4.69) is 15.7 Å². The molecule has 5 atom stereocenters. The van der Waals surface area contributed by atoms with Crippen LogP contribution in [0.5, 0.6) is 5.75 Å². The Morgan fingerprint density at radius 2 is 1.96 bits per heavy atom. The van der Waals surface area contributed by atoms with Crippen molar-refractivity contribution in [1.29, 1.82) is 0 Å². The summed E-state index contributed by atoms with van der Waals surface area (Å²) in [5, 5.41) is 0.704. The Kier molecular flexibility index (Phi) is 8.75. The maximum atomic E-state index is 13.6. The number of anilines is 1. The average molecular weight is 678 g/mol. The van der Waals surface area contributed by atoms with Crippen LogP contribution in [0.2, 0.25) is 5.02 Å². The SMILES string of the molecule is CO[C@@H]1/C=C\CN(S(C)(=O)=O)[C@H](C)C(=O)NS(=O)(=O)c2ccc3c(c2)N(C[C@@H]2CC[C@H]21)C[C@@]1(CCCc2cc(Cl)ccc21)CO3. The molecule has 2 aromatic carbocycles. The number of hydrogen-bond acceptors (Lipinski definition) is 8. The van der Waals surface area contributed by atoms with Gasteiger partial charge in [0.05, 0.1) is 29.5 Å². The Hall–Kier alpha value is -2.64. The Morgan fingerprint density at radius 3 is 2.67 bits per heavy atom. The van der Waals surface area contributed by atoms with Gasteiger partial charge >= 0.3 is 0 Å². The first-order valence-corrected chi connectivity index (χ1v) is 19.1. The highest BCUT2D eigenvalue weighted by Gasteiger charge is 2.44. The van der Waals surface area contributed by atoms with Crippen molar-refractivity contribution in [3.63, 3.8) is 0 Å². The molecule has 2 aliphatic carbocycles. The van der Waals surface area contributed by atoms with Gasteiger partial charge in [-0.05, 0) is 92.3 Å². The first-order valence-electron chi connectivity index (χ1n) is 15.3. The summed E-state index contributed by atoms with van der Waals surface area (Å²) in [4.78, 5) is 15.4. The van der Waals surface area contributed by atoms with E-state index in [1.54, 1.807) is 25.3 Å². The Labute approximate surface area is 270 Å². The molecule has 2 aromatic rings. The fourth-order valence-electron chi connectivity index (χ4n) is 7.48. The summed E-state index contributed by atoms with van der Waals surface area (Å²) in [6.07, 6.45) is 9.07. The van der Waals surface area contributed by atoms with Gasteiger partial charge in [0.1, 0.15) is 11.8 Å². The van der Waals surface area contributed by atoms with Gasteiger partial charge in [0.25, 0.3) is 15.9 Å². The van der Waals surface area contributed by atoms with E-state index in [0.717, 1.165) is 42.7 Å². The van der Waals surface area contributed by atoms with Crippen LogP contribution in [0.25, 0.3) is 0 Å². The number of aryl methyl sites for hydroxylation is 1. The molecule has 13 heteroatoms. The van der Waals surface area contributed by atoms with Crippen LogP contribution < -0.4 is 14.4 Å². The number of carbonyl (C=O) groups is 1. The number of carbonyl (C=O) groups excluding carboxylic acids is 1. The standard InChI is InChI=1S/C32H40ClN3O7S2/c1-21-31(37)34-45(40,41)25-10-13-30-28(17-25)35(19-32(20-43-30)14-4-6-22-16-24(33)9-12-27(22)32)18-23-8-11-26(23)29(42-2)7-5-15-36(21)44(3,38)39/h5,7,9-10,12-13,16-17,21,23,26,29H,4,6,8,11,14-15,18-20H2,1-3H3,(H,34,37)/b7-5-/t21-,23+,26-,29-,32+/m1/s1. The van der Waals surface area contributed by atoms with Gasteiger partial charge in [-0.15, -0.1) is 0 Å². The summed E-state index contributed by atoms with van der Waals surface area (Å²) in [7, 11) is -6.54. The quantitative estimate of drug-likeness (QED) is 0.476. The molecule has 6 rings (SSSR count). The van der Waals surface area contributed by atoms with Crippen LogP contribution in [0.15, 0.2) is 53.4 Å². The van der Waals surface area contributed by atoms with Gasteiger partial charge in [-0.3, -0.25) is 4.79 Å². The zero-order chi connectivity index (χ0) is 32.1. The van der Waals surface area contributed by atoms with Gasteiger partial charge in [-0.25, -0.2) is 21.6 Å². The summed E-state index contributed by atoms with van der Waals surface area (Å²) in [6.45, 7) is 2.99. The molecule has 1 amide bonds. The van der Waals surface area contributed by atoms with Gasteiger partial charge in [-0.2, -0.15) is 4.31 Å². The Bertz CT molecular complexity index is 1730. The van der Waals surface area contributed by atoms with Gasteiger partial charge in [0.15, 0.2) is 0 Å². The molecule has 1 spiro atoms. The number of methoxy groups -OCH3 is 1. The monoisotopic (exact) mass is 677 g/mol. The average Bonchev–Trinajstić information content (AvgIpc) is 3.12. The van der Waals surface area contributed by atoms with Crippen LogP contribution in [0.1, 0.15) is 43.7 Å². The minimum Gasteiger partial charge on any atom is -0.490 e. The summed E-state index contributed by atoms with van der Waals surface area (Å²) >= 11 is 6.39. The van der Waals surface area contributed by atoms with Gasteiger partial charge in [-0.1, -0.05) is 29.8 Å². The molecule has 45 heavy (non-hydrogen) atoms. The lowest BCUT2D eigenvalue weighted by Gasteiger charge is -2.46. The number of hydrogen-bond donors (Lipinski definition) is 1. The second-order valence-corrected chi connectivity index (χ2v) is 16.9. The van der Waals surface area contributed by atoms with Crippen LogP contribution >= 0.6 is 11.6 Å². The first kappa shape index (κ1) is 32.3. The van der Waals surface area contributed by atoms with Crippen molar-refractivity contribution in [2.45, 2.75) is 61.5 Å². The van der Waals surface area contributed by atoms with Crippen LogP contribution in [0, 0.1) is 11.8 Å². The van der Waals surface area contributed by atoms with Gasteiger partial charge in [0, 0.05) is 37.2 Å². The molecule has 1 N–H and O–H groups in total. The molecule has 2 heterocycles. The molecule has 1 saturated carbocycles. The van der Waals surface area contributed by atoms with Crippen molar-refractivity contribution in [2.75, 3.05) is 44.5 Å². The number of benzene rings is 2. The highest BCUT2D eigenvalue weighted by atomic mass is 35.5. The van der Waals surface area contributed by atoms with Crippen molar-refractivity contribution in [2.24, 2.45) is 11.8 Å². The van der Waals surface area contributed by atoms with Crippen molar-refractivity contribution in [3.05, 3.63) is 64.7 Å². The largest absolute Gasteiger partial charge is 0.490 e. The van der Waals surface area contributed by atoms with Crippen molar-refractivity contribution in [1.82, 2.24) is 9.03 Å². The van der Waals surface area contributed by atoms with Crippen molar-refractivity contribution < 1.29 is 31.1 Å². The van der Waals surface area contributed by atoms with Crippen LogP contribution in [0.4, 0.5) is 5.69 Å². The fraction of sp³-hybridized carbons (Fsp3) is 0.531. The molecule has 4 aliphatic rings. The molecular weight excluding hydrogens is 638 g/mol. The lowest BCUT2D eigenvalue weighted by molar-refractivity contribution is -0.122. The van der Waals surface area contributed by atoms with E-state index in [4.69, 9.17) is 21.1 Å². The normalized spacial score (nSPS) is 31.0. The summed E-state index contributed by atoms with van der Waals surface area (Å²) < 4.78 is 67.9. The highest BCUT2D eigenvalue weighted by Crippen LogP contribution is 2.47. The number of fused-ring (bicyclic) bond motifs is 4. The number of nitrogens with one attached hydrogen (secondary N) is 1. The van der Waals surface area contributed by atoms with Crippen LogP contribution in [0.3, 0.4) is 0 Å². The maximum absolute atomic E-state index is 13.6. The predicted molar refractivity (Wildman–Crippen MR) is 173 cm³/mol. The topological polar surface area (TPSA) is 122 Å². The highest BCUT2D eigenvalue weighted by molar-refractivity contribution is 7.90. The fourth-order valence-corrected chi connectivity index (χ4v) is 9.77. The molecule has 0 aromatic heterocycles. The van der Waals surface area contributed by atoms with E-state index >= 15 is 0 Å². The van der Waals surface area contributed by atoms with E-state index in [1.165, 1.54) is 24.1 Å². The number of sulfonamides is 2. The molecule has 1 fully saturated rings. The summed E-state index contributed by atoms with van der Waals surface area (Å²) in [6, 6.07) is 9.46. The molecule has 2 aliphatic heterocycles. The second kappa shape index (κ2) is 12.2. The van der Waals surface area contributed by atoms with Crippen molar-refractivity contribution in [3.8, 4) is 5.75 Å². The molecule has 244 valence electrons. The lowest BCUT2D eigenvalue weighted by atomic mass is 9.68. The predicted octanol–water partition coefficient (Wildman–Crippen LogP) is 3.88. The summed E-state index contributed by atoms with van der Waals surface area (Å²) in [5.74, 6) is 0.0611. The number of amides is 1. The number of halogens is 1. The molecule has 2 bridgehead atoms. The smallest absolute Gasteiger partial charge is 0.264 e.